The largest absolute Gasteiger partial charge is 0.753 e. The average Bonchev–Trinajstić information content (AvgIpc) is 2.73. The van der Waals surface area contributed by atoms with E-state index in [1.54, 1.807) is 0 Å². The molecule has 10 heteroatoms. The number of hydrogen-bond acceptors (Lipinski definition) is 8. The van der Waals surface area contributed by atoms with E-state index in [-0.39, 0.29) is 17.1 Å². The van der Waals surface area contributed by atoms with E-state index in [9.17, 15) is 0 Å². The van der Waals surface area contributed by atoms with Crippen LogP contribution in [0.4, 0.5) is 0 Å². The number of nitriles is 1. The monoisotopic (exact) mass is 494 g/mol. The van der Waals surface area contributed by atoms with Crippen molar-refractivity contribution in [2.75, 3.05) is 39.3 Å². The van der Waals surface area contributed by atoms with Crippen LogP contribution in [0.5, 0.6) is 0 Å². The first-order chi connectivity index (χ1) is 14.3. The molecule has 173 valence electrons. The van der Waals surface area contributed by atoms with Gasteiger partial charge in [0.15, 0.2) is 0 Å². The first-order valence-corrected chi connectivity index (χ1v) is 11.7. The zero-order chi connectivity index (χ0) is 21.2. The summed E-state index contributed by atoms with van der Waals surface area (Å²) in [4.78, 5) is 0. The van der Waals surface area contributed by atoms with Crippen LogP contribution in [-0.2, 0) is 29.7 Å². The van der Waals surface area contributed by atoms with Gasteiger partial charge < -0.3 is 44.6 Å². The van der Waals surface area contributed by atoms with Crippen LogP contribution >= 0.6 is 12.2 Å². The Kier molecular flexibility index (Phi) is 20.6. The van der Waals surface area contributed by atoms with Gasteiger partial charge in [0.05, 0.1) is 0 Å². The summed E-state index contributed by atoms with van der Waals surface area (Å²) in [6.45, 7) is 6.55. The zero-order valence-corrected chi connectivity index (χ0v) is 20.6. The average molecular weight is 495 g/mol. The van der Waals surface area contributed by atoms with Gasteiger partial charge in [-0.15, -0.1) is 0 Å². The third-order valence-corrected chi connectivity index (χ3v) is 5.89. The van der Waals surface area contributed by atoms with Crippen LogP contribution in [0.3, 0.4) is 0 Å². The number of nitrogens with one attached hydrogen (secondary N) is 5. The van der Waals surface area contributed by atoms with Crippen molar-refractivity contribution in [3.05, 3.63) is 5.41 Å². The molecule has 0 aromatic rings. The standard InChI is InChI=1S/C18H37N5.CHNS.CNS.Mn/c1-3-7-17-15(5-1)20-11-9-19-10-12-21-16-6-2-4-8-18(16)23-14-13-22-17;2*2-1-3;/h15-23H,1-14H2;3H;;/q;;-1;/p-1/t15-,16-,17?,18?;;;/m1.../s1. The molecule has 0 bridgehead atoms. The SMILES string of the molecule is C1CC[C@H]2NCCNCCN[C@@H]3CCCCC3NCCNC2C1.N#C[S-].[Mn].[N-]=C=S. The quantitative estimate of drug-likeness (QED) is 0.113. The predicted octanol–water partition coefficient (Wildman–Crippen LogP) is 1.24. The molecule has 2 saturated carbocycles. The Labute approximate surface area is 204 Å². The number of rotatable bonds is 0. The maximum atomic E-state index is 7.13. The summed E-state index contributed by atoms with van der Waals surface area (Å²) < 4.78 is 0. The Morgan fingerprint density at radius 2 is 0.933 bits per heavy atom. The Morgan fingerprint density at radius 1 is 0.700 bits per heavy atom. The van der Waals surface area contributed by atoms with Crippen molar-refractivity contribution in [2.24, 2.45) is 0 Å². The first kappa shape index (κ1) is 29.8. The van der Waals surface area contributed by atoms with Gasteiger partial charge in [-0.25, -0.2) is 5.26 Å². The van der Waals surface area contributed by atoms with E-state index in [2.05, 4.69) is 51.4 Å². The molecule has 0 aromatic carbocycles. The minimum atomic E-state index is 0. The van der Waals surface area contributed by atoms with Crippen LogP contribution in [-0.4, -0.2) is 68.6 Å². The number of fused-ring (bicyclic) bond motifs is 2. The van der Waals surface area contributed by atoms with E-state index in [4.69, 9.17) is 10.7 Å². The number of isothiocyanates is 1. The molecule has 1 aliphatic heterocycles. The molecule has 0 spiro atoms. The molecule has 5 N–H and O–H groups in total. The van der Waals surface area contributed by atoms with E-state index in [1.165, 1.54) is 61.9 Å². The number of thiocyanates is 1. The predicted molar refractivity (Wildman–Crippen MR) is 126 cm³/mol. The van der Waals surface area contributed by atoms with Gasteiger partial charge in [0.25, 0.3) is 0 Å². The molecule has 3 aliphatic rings. The van der Waals surface area contributed by atoms with Crippen LogP contribution in [0.1, 0.15) is 51.4 Å². The van der Waals surface area contributed by atoms with Crippen molar-refractivity contribution < 1.29 is 17.1 Å². The van der Waals surface area contributed by atoms with Crippen LogP contribution in [0, 0.1) is 10.7 Å². The molecule has 0 aromatic heterocycles. The van der Waals surface area contributed by atoms with Crippen molar-refractivity contribution in [1.29, 1.82) is 5.26 Å². The minimum Gasteiger partial charge on any atom is -0.753 e. The smallest absolute Gasteiger partial charge is 0.0221 e. The van der Waals surface area contributed by atoms with E-state index in [0.717, 1.165) is 39.3 Å². The summed E-state index contributed by atoms with van der Waals surface area (Å²) in [5.74, 6) is 0. The zero-order valence-electron chi connectivity index (χ0n) is 17.8. The molecule has 3 fully saturated rings. The molecule has 2 aliphatic carbocycles. The molecular weight excluding hydrogens is 457 g/mol. The topological polar surface area (TPSA) is 106 Å². The third-order valence-electron chi connectivity index (χ3n) is 5.89. The Hall–Kier alpha value is -0.171. The Bertz CT molecular complexity index is 456. The van der Waals surface area contributed by atoms with Crippen LogP contribution in [0.2, 0.25) is 0 Å². The first-order valence-electron chi connectivity index (χ1n) is 10.9. The summed E-state index contributed by atoms with van der Waals surface area (Å²) in [6, 6.07) is 2.65. The van der Waals surface area contributed by atoms with Gasteiger partial charge in [-0.2, -0.15) is 5.16 Å². The molecule has 0 amide bonds. The summed E-state index contributed by atoms with van der Waals surface area (Å²) in [5.41, 5.74) is 0. The second kappa shape index (κ2) is 20.7. The molecule has 3 rings (SSSR count). The fourth-order valence-electron chi connectivity index (χ4n) is 4.57. The van der Waals surface area contributed by atoms with Gasteiger partial charge in [0.1, 0.15) is 0 Å². The second-order valence-corrected chi connectivity index (χ2v) is 8.11. The van der Waals surface area contributed by atoms with Crippen LogP contribution in [0.15, 0.2) is 0 Å². The molecular formula is C20H37MnN7S2-2. The molecule has 1 saturated heterocycles. The molecule has 7 nitrogen and oxygen atoms in total. The van der Waals surface area contributed by atoms with Crippen molar-refractivity contribution in [3.8, 4) is 5.40 Å². The van der Waals surface area contributed by atoms with E-state index >= 15 is 0 Å². The van der Waals surface area contributed by atoms with Crippen molar-refractivity contribution in [2.45, 2.75) is 75.5 Å². The maximum Gasteiger partial charge on any atom is 0.0221 e. The van der Waals surface area contributed by atoms with E-state index in [0.29, 0.717) is 24.2 Å². The number of thiocarbonyl (C=S) groups is 1. The molecule has 1 heterocycles. The van der Waals surface area contributed by atoms with E-state index < -0.39 is 0 Å². The third kappa shape index (κ3) is 13.3. The van der Waals surface area contributed by atoms with Crippen LogP contribution in [0.25, 0.3) is 5.41 Å². The second-order valence-electron chi connectivity index (χ2n) is 7.74. The summed E-state index contributed by atoms with van der Waals surface area (Å²) in [6.07, 6.45) is 10.9. The van der Waals surface area contributed by atoms with Gasteiger partial charge in [-0.3, -0.25) is 0 Å². The maximum absolute atomic E-state index is 7.13. The van der Waals surface area contributed by atoms with Crippen LogP contribution < -0.4 is 26.6 Å². The van der Waals surface area contributed by atoms with Crippen molar-refractivity contribution in [1.82, 2.24) is 26.6 Å². The van der Waals surface area contributed by atoms with Crippen molar-refractivity contribution >= 4 is 30.0 Å². The molecule has 30 heavy (non-hydrogen) atoms. The van der Waals surface area contributed by atoms with Gasteiger partial charge in [0, 0.05) is 80.5 Å². The summed E-state index contributed by atoms with van der Waals surface area (Å²) in [7, 11) is 0. The fraction of sp³-hybridized carbons (Fsp3) is 0.900. The normalized spacial score (nSPS) is 30.1. The van der Waals surface area contributed by atoms with Crippen molar-refractivity contribution in [3.63, 3.8) is 0 Å². The number of hydrogen-bond donors (Lipinski definition) is 5. The van der Waals surface area contributed by atoms with Gasteiger partial charge >= 0.3 is 0 Å². The van der Waals surface area contributed by atoms with Gasteiger partial charge in [-0.05, 0) is 25.7 Å². The number of nitrogens with zero attached hydrogens (tertiary/aromatic N) is 2. The summed E-state index contributed by atoms with van der Waals surface area (Å²) >= 11 is 7.40. The van der Waals surface area contributed by atoms with Gasteiger partial charge in [-0.1, -0.05) is 43.3 Å². The Balaban J connectivity index is 0.00000108. The molecule has 4 atom stereocenters. The molecule has 1 radical (unpaired) electrons. The summed E-state index contributed by atoms with van der Waals surface area (Å²) in [5, 5.41) is 35.7. The van der Waals surface area contributed by atoms with E-state index in [1.807, 2.05) is 0 Å². The molecule has 2 unspecified atom stereocenters. The minimum absolute atomic E-state index is 0. The Morgan fingerprint density at radius 3 is 1.20 bits per heavy atom. The van der Waals surface area contributed by atoms with Gasteiger partial charge in [0.2, 0.25) is 0 Å². The fourth-order valence-corrected chi connectivity index (χ4v) is 4.57.